The van der Waals surface area contributed by atoms with Gasteiger partial charge in [0.1, 0.15) is 15.8 Å². The first-order valence-electron chi connectivity index (χ1n) is 9.64. The molecule has 5 rings (SSSR count). The number of anilines is 1. The number of rotatable bonds is 4. The highest BCUT2D eigenvalue weighted by molar-refractivity contribution is 9.10. The summed E-state index contributed by atoms with van der Waals surface area (Å²) in [6.07, 6.45) is 1.57. The predicted molar refractivity (Wildman–Crippen MR) is 123 cm³/mol. The second-order valence-corrected chi connectivity index (χ2v) is 8.26. The van der Waals surface area contributed by atoms with Crippen LogP contribution in [0.25, 0.3) is 28.4 Å². The third kappa shape index (κ3) is 3.82. The predicted octanol–water partition coefficient (Wildman–Crippen LogP) is 5.90. The van der Waals surface area contributed by atoms with Gasteiger partial charge in [-0.2, -0.15) is 5.10 Å². The van der Waals surface area contributed by atoms with E-state index in [2.05, 4.69) is 41.3 Å². The number of carbonyl (C=O) groups excluding carboxylic acids is 1. The lowest BCUT2D eigenvalue weighted by atomic mass is 10.1. The Labute approximate surface area is 202 Å². The van der Waals surface area contributed by atoms with E-state index in [1.165, 1.54) is 10.7 Å². The van der Waals surface area contributed by atoms with E-state index in [-0.39, 0.29) is 11.1 Å². The largest absolute Gasteiger partial charge is 0.337 e. The number of hydrogen-bond acceptors (Lipinski definition) is 4. The van der Waals surface area contributed by atoms with Gasteiger partial charge in [-0.3, -0.25) is 4.79 Å². The van der Waals surface area contributed by atoms with E-state index in [1.54, 1.807) is 36.5 Å². The van der Waals surface area contributed by atoms with E-state index in [4.69, 9.17) is 11.6 Å². The maximum Gasteiger partial charge on any atom is 0.258 e. The average Bonchev–Trinajstić information content (AvgIpc) is 3.43. The summed E-state index contributed by atoms with van der Waals surface area (Å²) in [7, 11) is 0. The topological polar surface area (TPSA) is 88.5 Å². The molecule has 0 unspecified atom stereocenters. The molecule has 3 aromatic heterocycles. The number of pyridine rings is 1. The SMILES string of the molecule is O=C(Nc1ccc(F)c(F)c1F)c1cccc2[nH]c(-c3cc(Br)nn3-c3ncccc3Cl)nc12. The molecule has 2 aromatic carbocycles. The molecule has 3 heterocycles. The first kappa shape index (κ1) is 22.1. The van der Waals surface area contributed by atoms with Crippen molar-refractivity contribution in [2.45, 2.75) is 0 Å². The third-order valence-electron chi connectivity index (χ3n) is 4.90. The van der Waals surface area contributed by atoms with Crippen molar-refractivity contribution in [2.75, 3.05) is 5.32 Å². The highest BCUT2D eigenvalue weighted by Gasteiger charge is 2.21. The molecule has 34 heavy (non-hydrogen) atoms. The number of amides is 1. The molecule has 0 aliphatic rings. The molecule has 0 radical (unpaired) electrons. The number of nitrogens with zero attached hydrogens (tertiary/aromatic N) is 4. The van der Waals surface area contributed by atoms with Gasteiger partial charge in [0.2, 0.25) is 0 Å². The van der Waals surface area contributed by atoms with Gasteiger partial charge in [0, 0.05) is 12.3 Å². The number of hydrogen-bond donors (Lipinski definition) is 2. The second kappa shape index (κ2) is 8.58. The summed E-state index contributed by atoms with van der Waals surface area (Å²) >= 11 is 9.62. The molecule has 12 heteroatoms. The summed E-state index contributed by atoms with van der Waals surface area (Å²) in [5, 5.41) is 6.99. The summed E-state index contributed by atoms with van der Waals surface area (Å²) < 4.78 is 42.8. The van der Waals surface area contributed by atoms with E-state index in [0.717, 1.165) is 12.1 Å². The number of aromatic amines is 1. The van der Waals surface area contributed by atoms with E-state index in [9.17, 15) is 18.0 Å². The van der Waals surface area contributed by atoms with Crippen molar-refractivity contribution in [1.82, 2.24) is 24.7 Å². The zero-order valence-corrected chi connectivity index (χ0v) is 19.1. The first-order valence-corrected chi connectivity index (χ1v) is 10.8. The Bertz CT molecular complexity index is 1580. The van der Waals surface area contributed by atoms with Gasteiger partial charge >= 0.3 is 0 Å². The van der Waals surface area contributed by atoms with Crippen molar-refractivity contribution in [2.24, 2.45) is 0 Å². The van der Waals surface area contributed by atoms with Gasteiger partial charge in [-0.1, -0.05) is 17.7 Å². The van der Waals surface area contributed by atoms with Crippen LogP contribution in [0.3, 0.4) is 0 Å². The van der Waals surface area contributed by atoms with Gasteiger partial charge in [-0.15, -0.1) is 0 Å². The quantitative estimate of drug-likeness (QED) is 0.274. The van der Waals surface area contributed by atoms with Gasteiger partial charge < -0.3 is 10.3 Å². The molecule has 170 valence electrons. The lowest BCUT2D eigenvalue weighted by Gasteiger charge is -2.07. The number of imidazole rings is 1. The number of H-pyrrole nitrogens is 1. The van der Waals surface area contributed by atoms with Crippen LogP contribution < -0.4 is 5.32 Å². The molecule has 0 saturated carbocycles. The Morgan fingerprint density at radius 1 is 1.09 bits per heavy atom. The average molecular weight is 548 g/mol. The van der Waals surface area contributed by atoms with Crippen LogP contribution in [0.2, 0.25) is 5.02 Å². The minimum Gasteiger partial charge on any atom is -0.337 e. The van der Waals surface area contributed by atoms with Gasteiger partial charge in [-0.05, 0) is 52.3 Å². The molecule has 2 N–H and O–H groups in total. The summed E-state index contributed by atoms with van der Waals surface area (Å²) in [6.45, 7) is 0. The lowest BCUT2D eigenvalue weighted by molar-refractivity contribution is 0.102. The fourth-order valence-corrected chi connectivity index (χ4v) is 3.94. The van der Waals surface area contributed by atoms with Crippen molar-refractivity contribution < 1.29 is 18.0 Å². The third-order valence-corrected chi connectivity index (χ3v) is 5.59. The van der Waals surface area contributed by atoms with E-state index in [1.807, 2.05) is 0 Å². The standard InChI is InChI=1S/C22H11BrClF3N6O/c23-16-9-15(33(32-16)21-11(24)4-2-8-28-21)20-29-14-5-1-3-10(19(14)31-20)22(34)30-13-7-6-12(25)17(26)18(13)27/h1-9H,(H,29,31)(H,30,34). The molecular weight excluding hydrogens is 537 g/mol. The van der Waals surface area contributed by atoms with Crippen LogP contribution >= 0.6 is 27.5 Å². The molecule has 7 nitrogen and oxygen atoms in total. The Balaban J connectivity index is 1.57. The molecule has 0 bridgehead atoms. The number of aromatic nitrogens is 5. The Kier molecular flexibility index (Phi) is 5.58. The van der Waals surface area contributed by atoms with Gasteiger partial charge in [0.05, 0.1) is 21.8 Å². The van der Waals surface area contributed by atoms with Crippen molar-refractivity contribution >= 4 is 50.2 Å². The van der Waals surface area contributed by atoms with Crippen molar-refractivity contribution in [3.63, 3.8) is 0 Å². The number of halogens is 5. The van der Waals surface area contributed by atoms with E-state index in [0.29, 0.717) is 32.5 Å². The maximum atomic E-state index is 14.0. The summed E-state index contributed by atoms with van der Waals surface area (Å²) in [6, 6.07) is 11.5. The number of carbonyl (C=O) groups is 1. The van der Waals surface area contributed by atoms with Crippen LogP contribution in [-0.2, 0) is 0 Å². The van der Waals surface area contributed by atoms with Crippen LogP contribution in [0.4, 0.5) is 18.9 Å². The smallest absolute Gasteiger partial charge is 0.258 e. The van der Waals surface area contributed by atoms with Crippen LogP contribution in [-0.4, -0.2) is 30.6 Å². The molecule has 0 fully saturated rings. The van der Waals surface area contributed by atoms with E-state index >= 15 is 0 Å². The van der Waals surface area contributed by atoms with E-state index < -0.39 is 29.0 Å². The number of para-hydroxylation sites is 1. The Morgan fingerprint density at radius 3 is 2.71 bits per heavy atom. The molecule has 1 amide bonds. The Morgan fingerprint density at radius 2 is 1.91 bits per heavy atom. The van der Waals surface area contributed by atoms with Crippen molar-refractivity contribution in [3.05, 3.63) is 87.4 Å². The molecular formula is C22H11BrClF3N6O. The van der Waals surface area contributed by atoms with Crippen LogP contribution in [0.1, 0.15) is 10.4 Å². The summed E-state index contributed by atoms with van der Waals surface area (Å²) in [5.74, 6) is -4.55. The molecule has 0 atom stereocenters. The number of benzene rings is 2. The molecule has 0 aliphatic heterocycles. The minimum absolute atomic E-state index is 0.0881. The Hall–Kier alpha value is -3.70. The van der Waals surface area contributed by atoms with Gasteiger partial charge in [-0.25, -0.2) is 27.8 Å². The van der Waals surface area contributed by atoms with Crippen molar-refractivity contribution in [3.8, 4) is 17.3 Å². The zero-order chi connectivity index (χ0) is 24.0. The lowest BCUT2D eigenvalue weighted by Crippen LogP contribution is -2.14. The van der Waals surface area contributed by atoms with Gasteiger partial charge in [0.25, 0.3) is 5.91 Å². The fourth-order valence-electron chi connectivity index (χ4n) is 3.36. The molecule has 0 spiro atoms. The minimum atomic E-state index is -1.68. The molecule has 5 aromatic rings. The monoisotopic (exact) mass is 546 g/mol. The van der Waals surface area contributed by atoms with Gasteiger partial charge in [0.15, 0.2) is 29.1 Å². The fraction of sp³-hybridized carbons (Fsp3) is 0. The highest BCUT2D eigenvalue weighted by atomic mass is 79.9. The summed E-state index contributed by atoms with van der Waals surface area (Å²) in [4.78, 5) is 24.8. The van der Waals surface area contributed by atoms with Crippen molar-refractivity contribution in [1.29, 1.82) is 0 Å². The maximum absolute atomic E-state index is 14.0. The normalized spacial score (nSPS) is 11.2. The first-order chi connectivity index (χ1) is 16.3. The highest BCUT2D eigenvalue weighted by Crippen LogP contribution is 2.29. The van der Waals surface area contributed by atoms with Crippen LogP contribution in [0.5, 0.6) is 0 Å². The number of nitrogens with one attached hydrogen (secondary N) is 2. The second-order valence-electron chi connectivity index (χ2n) is 7.04. The zero-order valence-electron chi connectivity index (χ0n) is 16.8. The van der Waals surface area contributed by atoms with Crippen LogP contribution in [0.15, 0.2) is 59.3 Å². The summed E-state index contributed by atoms with van der Waals surface area (Å²) in [5.41, 5.74) is 0.869. The molecule has 0 saturated heterocycles. The molecule has 0 aliphatic carbocycles. The number of fused-ring (bicyclic) bond motifs is 1. The van der Waals surface area contributed by atoms with Crippen LogP contribution in [0, 0.1) is 17.5 Å².